The highest BCUT2D eigenvalue weighted by molar-refractivity contribution is 14.1. The standard InChI is InChI=1S/C10H9ClIN3O/c11-9-8-7(12)3-15(5-1-6(16)2-5)10(8)14-4-13-9/h3-6,16H,1-2H2. The van der Waals surface area contributed by atoms with Gasteiger partial charge in [0.2, 0.25) is 0 Å². The van der Waals surface area contributed by atoms with Gasteiger partial charge in [-0.25, -0.2) is 9.97 Å². The first-order valence-corrected chi connectivity index (χ1v) is 6.47. The Hall–Kier alpha value is -0.400. The molecule has 0 unspecified atom stereocenters. The van der Waals surface area contributed by atoms with Crippen molar-refractivity contribution >= 4 is 45.2 Å². The molecule has 0 aliphatic heterocycles. The minimum absolute atomic E-state index is 0.169. The van der Waals surface area contributed by atoms with Crippen molar-refractivity contribution in [2.75, 3.05) is 0 Å². The van der Waals surface area contributed by atoms with E-state index >= 15 is 0 Å². The van der Waals surface area contributed by atoms with E-state index in [-0.39, 0.29) is 6.10 Å². The highest BCUT2D eigenvalue weighted by Crippen LogP contribution is 2.37. The van der Waals surface area contributed by atoms with E-state index in [0.29, 0.717) is 11.2 Å². The quantitative estimate of drug-likeness (QED) is 0.635. The maximum atomic E-state index is 9.34. The maximum Gasteiger partial charge on any atom is 0.146 e. The second-order valence-corrected chi connectivity index (χ2v) is 5.55. The summed E-state index contributed by atoms with van der Waals surface area (Å²) in [4.78, 5) is 8.26. The third kappa shape index (κ3) is 1.53. The number of hydrogen-bond donors (Lipinski definition) is 1. The molecule has 4 nitrogen and oxygen atoms in total. The highest BCUT2D eigenvalue weighted by Gasteiger charge is 2.30. The number of aromatic nitrogens is 3. The summed E-state index contributed by atoms with van der Waals surface area (Å²) in [6.45, 7) is 0. The molecule has 2 aromatic heterocycles. The number of hydrogen-bond acceptors (Lipinski definition) is 3. The lowest BCUT2D eigenvalue weighted by Gasteiger charge is -2.32. The third-order valence-electron chi connectivity index (χ3n) is 3.00. The Balaban J connectivity index is 2.16. The third-order valence-corrected chi connectivity index (χ3v) is 4.10. The number of rotatable bonds is 1. The van der Waals surface area contributed by atoms with Crippen molar-refractivity contribution in [2.45, 2.75) is 25.0 Å². The molecule has 1 aliphatic rings. The Morgan fingerprint density at radius 3 is 2.88 bits per heavy atom. The molecule has 0 spiro atoms. The van der Waals surface area contributed by atoms with Crippen LogP contribution in [-0.4, -0.2) is 25.7 Å². The lowest BCUT2D eigenvalue weighted by Crippen LogP contribution is -2.30. The summed E-state index contributed by atoms with van der Waals surface area (Å²) >= 11 is 8.29. The van der Waals surface area contributed by atoms with Gasteiger partial charge in [0.15, 0.2) is 0 Å². The van der Waals surface area contributed by atoms with Gasteiger partial charge in [0.05, 0.1) is 11.5 Å². The highest BCUT2D eigenvalue weighted by atomic mass is 127. The molecule has 0 amide bonds. The summed E-state index contributed by atoms with van der Waals surface area (Å²) in [6, 6.07) is 0.340. The van der Waals surface area contributed by atoms with Crippen LogP contribution in [0.3, 0.4) is 0 Å². The van der Waals surface area contributed by atoms with E-state index in [1.54, 1.807) is 0 Å². The summed E-state index contributed by atoms with van der Waals surface area (Å²) < 4.78 is 3.15. The Kier molecular flexibility index (Phi) is 2.56. The zero-order chi connectivity index (χ0) is 11.3. The van der Waals surface area contributed by atoms with E-state index in [1.807, 2.05) is 6.20 Å². The molecule has 0 bridgehead atoms. The van der Waals surface area contributed by atoms with Crippen LogP contribution in [0, 0.1) is 3.57 Å². The molecule has 0 atom stereocenters. The Labute approximate surface area is 111 Å². The van der Waals surface area contributed by atoms with E-state index in [1.165, 1.54) is 6.33 Å². The van der Waals surface area contributed by atoms with Crippen molar-refractivity contribution < 1.29 is 5.11 Å². The second-order valence-electron chi connectivity index (χ2n) is 4.03. The van der Waals surface area contributed by atoms with E-state index in [4.69, 9.17) is 11.6 Å². The van der Waals surface area contributed by atoms with Gasteiger partial charge in [-0.05, 0) is 35.4 Å². The Morgan fingerprint density at radius 2 is 2.19 bits per heavy atom. The summed E-state index contributed by atoms with van der Waals surface area (Å²) in [6.07, 6.45) is 4.93. The van der Waals surface area contributed by atoms with Gasteiger partial charge in [-0.2, -0.15) is 0 Å². The second kappa shape index (κ2) is 3.82. The molecule has 0 radical (unpaired) electrons. The number of nitrogens with zero attached hydrogens (tertiary/aromatic N) is 3. The van der Waals surface area contributed by atoms with Gasteiger partial charge in [-0.3, -0.25) is 0 Å². The van der Waals surface area contributed by atoms with Crippen LogP contribution in [-0.2, 0) is 0 Å². The molecule has 1 aliphatic carbocycles. The first-order chi connectivity index (χ1) is 7.66. The van der Waals surface area contributed by atoms with Crippen LogP contribution in [0.2, 0.25) is 5.15 Å². The molecule has 1 fully saturated rings. The molecule has 1 saturated carbocycles. The topological polar surface area (TPSA) is 50.9 Å². The van der Waals surface area contributed by atoms with Gasteiger partial charge in [0.25, 0.3) is 0 Å². The van der Waals surface area contributed by atoms with E-state index in [2.05, 4.69) is 37.1 Å². The lowest BCUT2D eigenvalue weighted by molar-refractivity contribution is 0.0501. The van der Waals surface area contributed by atoms with Crippen LogP contribution in [0.25, 0.3) is 11.0 Å². The summed E-state index contributed by atoms with van der Waals surface area (Å²) in [7, 11) is 0. The minimum atomic E-state index is -0.169. The predicted octanol–water partition coefficient (Wildman–Crippen LogP) is 2.39. The molecule has 6 heteroatoms. The van der Waals surface area contributed by atoms with Crippen molar-refractivity contribution in [3.05, 3.63) is 21.2 Å². The van der Waals surface area contributed by atoms with Crippen molar-refractivity contribution in [1.29, 1.82) is 0 Å². The van der Waals surface area contributed by atoms with Crippen molar-refractivity contribution in [3.63, 3.8) is 0 Å². The first kappa shape index (κ1) is 10.7. The van der Waals surface area contributed by atoms with E-state index < -0.39 is 0 Å². The van der Waals surface area contributed by atoms with Crippen molar-refractivity contribution in [2.24, 2.45) is 0 Å². The van der Waals surface area contributed by atoms with Crippen LogP contribution in [0.4, 0.5) is 0 Å². The fourth-order valence-corrected chi connectivity index (χ4v) is 3.26. The number of halogens is 2. The molecule has 1 N–H and O–H groups in total. The first-order valence-electron chi connectivity index (χ1n) is 5.01. The fourth-order valence-electron chi connectivity index (χ4n) is 2.07. The molecule has 0 aromatic carbocycles. The van der Waals surface area contributed by atoms with Gasteiger partial charge >= 0.3 is 0 Å². The van der Waals surface area contributed by atoms with Crippen LogP contribution in [0.15, 0.2) is 12.5 Å². The van der Waals surface area contributed by atoms with Crippen molar-refractivity contribution in [3.8, 4) is 0 Å². The lowest BCUT2D eigenvalue weighted by atomic mass is 9.89. The molecule has 84 valence electrons. The Bertz CT molecular complexity index is 550. The molecular weight excluding hydrogens is 340 g/mol. The minimum Gasteiger partial charge on any atom is -0.393 e. The molecule has 3 rings (SSSR count). The molecule has 2 heterocycles. The summed E-state index contributed by atoms with van der Waals surface area (Å²) in [5, 5.41) is 10.7. The fraction of sp³-hybridized carbons (Fsp3) is 0.400. The average molecular weight is 350 g/mol. The number of aliphatic hydroxyl groups is 1. The number of aliphatic hydroxyl groups excluding tert-OH is 1. The summed E-state index contributed by atoms with van der Waals surface area (Å²) in [5.74, 6) is 0. The zero-order valence-corrected chi connectivity index (χ0v) is 11.2. The van der Waals surface area contributed by atoms with Crippen LogP contribution >= 0.6 is 34.2 Å². The van der Waals surface area contributed by atoms with Gasteiger partial charge < -0.3 is 9.67 Å². The van der Waals surface area contributed by atoms with Gasteiger partial charge in [-0.15, -0.1) is 0 Å². The zero-order valence-electron chi connectivity index (χ0n) is 8.27. The predicted molar refractivity (Wildman–Crippen MR) is 69.5 cm³/mol. The van der Waals surface area contributed by atoms with Crippen LogP contribution in [0.1, 0.15) is 18.9 Å². The molecular formula is C10H9ClIN3O. The van der Waals surface area contributed by atoms with Gasteiger partial charge in [-0.1, -0.05) is 11.6 Å². The normalized spacial score (nSPS) is 24.7. The van der Waals surface area contributed by atoms with Crippen molar-refractivity contribution in [1.82, 2.24) is 14.5 Å². The SMILES string of the molecule is OC1CC(n2cc(I)c3c(Cl)ncnc32)C1. The van der Waals surface area contributed by atoms with Gasteiger partial charge in [0.1, 0.15) is 17.1 Å². The monoisotopic (exact) mass is 349 g/mol. The Morgan fingerprint density at radius 1 is 1.44 bits per heavy atom. The van der Waals surface area contributed by atoms with E-state index in [0.717, 1.165) is 27.4 Å². The number of fused-ring (bicyclic) bond motifs is 1. The van der Waals surface area contributed by atoms with Gasteiger partial charge in [0, 0.05) is 15.8 Å². The van der Waals surface area contributed by atoms with E-state index in [9.17, 15) is 5.11 Å². The average Bonchev–Trinajstić information content (AvgIpc) is 2.53. The van der Waals surface area contributed by atoms with Crippen LogP contribution in [0.5, 0.6) is 0 Å². The van der Waals surface area contributed by atoms with Crippen LogP contribution < -0.4 is 0 Å². The molecule has 0 saturated heterocycles. The smallest absolute Gasteiger partial charge is 0.146 e. The summed E-state index contributed by atoms with van der Waals surface area (Å²) in [5.41, 5.74) is 0.862. The maximum absolute atomic E-state index is 9.34. The molecule has 16 heavy (non-hydrogen) atoms. The largest absolute Gasteiger partial charge is 0.393 e. The molecule has 2 aromatic rings.